The van der Waals surface area contributed by atoms with E-state index in [9.17, 15) is 0 Å². The maximum Gasteiger partial charge on any atom is 0.130 e. The van der Waals surface area contributed by atoms with Crippen LogP contribution in [0.25, 0.3) is 5.70 Å². The van der Waals surface area contributed by atoms with E-state index in [1.165, 1.54) is 10.5 Å². The molecule has 0 aliphatic carbocycles. The Morgan fingerprint density at radius 2 is 2.00 bits per heavy atom. The van der Waals surface area contributed by atoms with Gasteiger partial charge in [0.05, 0.1) is 5.70 Å². The van der Waals surface area contributed by atoms with Crippen molar-refractivity contribution in [3.63, 3.8) is 0 Å². The fourth-order valence-electron chi connectivity index (χ4n) is 2.20. The van der Waals surface area contributed by atoms with Gasteiger partial charge in [0.25, 0.3) is 0 Å². The summed E-state index contributed by atoms with van der Waals surface area (Å²) in [5.74, 6) is 0.972. The van der Waals surface area contributed by atoms with Crippen molar-refractivity contribution in [3.8, 4) is 0 Å². The standard InChI is InChI=1S/C15H14N2S2/c1-18-10-12-14(11-6-3-2-4-7-11)16-17-15(12)13-8-5-9-19-13/h2-9,15H,10H2,1H3. The zero-order chi connectivity index (χ0) is 13.1. The number of nitrogens with zero attached hydrogens (tertiary/aromatic N) is 2. The van der Waals surface area contributed by atoms with Gasteiger partial charge in [0.2, 0.25) is 0 Å². The quantitative estimate of drug-likeness (QED) is 0.773. The van der Waals surface area contributed by atoms with Gasteiger partial charge in [-0.1, -0.05) is 36.4 Å². The van der Waals surface area contributed by atoms with Gasteiger partial charge in [-0.15, -0.1) is 11.3 Å². The minimum absolute atomic E-state index is 0.114. The van der Waals surface area contributed by atoms with Crippen LogP contribution in [-0.4, -0.2) is 12.0 Å². The van der Waals surface area contributed by atoms with E-state index >= 15 is 0 Å². The molecule has 1 aliphatic rings. The SMILES string of the molecule is CSCC1=C(c2ccccc2)N=NC1c1cccs1. The van der Waals surface area contributed by atoms with Crippen LogP contribution in [0.15, 0.2) is 63.6 Å². The van der Waals surface area contributed by atoms with Crippen molar-refractivity contribution in [2.24, 2.45) is 10.2 Å². The molecule has 2 nitrogen and oxygen atoms in total. The molecule has 1 atom stereocenters. The third kappa shape index (κ3) is 2.51. The van der Waals surface area contributed by atoms with Crippen molar-refractivity contribution in [2.75, 3.05) is 12.0 Å². The van der Waals surface area contributed by atoms with Crippen LogP contribution >= 0.6 is 23.1 Å². The molecule has 0 bridgehead atoms. The zero-order valence-corrected chi connectivity index (χ0v) is 12.2. The molecule has 0 radical (unpaired) electrons. The van der Waals surface area contributed by atoms with Gasteiger partial charge in [-0.2, -0.15) is 22.0 Å². The lowest BCUT2D eigenvalue weighted by atomic mass is 10.0. The molecular weight excluding hydrogens is 272 g/mol. The van der Waals surface area contributed by atoms with Gasteiger partial charge < -0.3 is 0 Å². The summed E-state index contributed by atoms with van der Waals surface area (Å²) in [6, 6.07) is 14.7. The smallest absolute Gasteiger partial charge is 0.130 e. The largest absolute Gasteiger partial charge is 0.175 e. The highest BCUT2D eigenvalue weighted by atomic mass is 32.2. The van der Waals surface area contributed by atoms with Crippen LogP contribution in [0.5, 0.6) is 0 Å². The van der Waals surface area contributed by atoms with E-state index in [0.717, 1.165) is 17.0 Å². The van der Waals surface area contributed by atoms with Crippen molar-refractivity contribution in [3.05, 3.63) is 63.9 Å². The Morgan fingerprint density at radius 1 is 1.16 bits per heavy atom. The monoisotopic (exact) mass is 286 g/mol. The maximum atomic E-state index is 4.48. The van der Waals surface area contributed by atoms with E-state index in [1.807, 2.05) is 30.0 Å². The molecule has 2 aromatic rings. The second-order valence-electron chi connectivity index (χ2n) is 4.31. The number of hydrogen-bond acceptors (Lipinski definition) is 4. The predicted octanol–water partition coefficient (Wildman–Crippen LogP) is 5.03. The van der Waals surface area contributed by atoms with Crippen molar-refractivity contribution in [1.82, 2.24) is 0 Å². The molecule has 1 aromatic heterocycles. The molecule has 1 aliphatic heterocycles. The lowest BCUT2D eigenvalue weighted by Gasteiger charge is -2.10. The number of azo groups is 1. The molecule has 0 saturated heterocycles. The summed E-state index contributed by atoms with van der Waals surface area (Å²) >= 11 is 3.57. The Kier molecular flexibility index (Phi) is 3.80. The van der Waals surface area contributed by atoms with Gasteiger partial charge in [-0.05, 0) is 23.3 Å². The third-order valence-corrected chi connectivity index (χ3v) is 4.59. The van der Waals surface area contributed by atoms with Gasteiger partial charge in [0, 0.05) is 16.2 Å². The van der Waals surface area contributed by atoms with Crippen molar-refractivity contribution in [2.45, 2.75) is 6.04 Å². The fraction of sp³-hybridized carbons (Fsp3) is 0.200. The molecule has 1 aromatic carbocycles. The summed E-state index contributed by atoms with van der Waals surface area (Å²) in [5, 5.41) is 11.0. The Labute approximate surface area is 121 Å². The number of thiophene rings is 1. The summed E-state index contributed by atoms with van der Waals surface area (Å²) in [6.45, 7) is 0. The highest BCUT2D eigenvalue weighted by Crippen LogP contribution is 2.41. The molecular formula is C15H14N2S2. The van der Waals surface area contributed by atoms with Gasteiger partial charge in [-0.3, -0.25) is 0 Å². The van der Waals surface area contributed by atoms with Crippen LogP contribution in [0.1, 0.15) is 16.5 Å². The normalized spacial score (nSPS) is 18.3. The molecule has 0 saturated carbocycles. The molecule has 2 heterocycles. The maximum absolute atomic E-state index is 4.48. The molecule has 4 heteroatoms. The first-order valence-corrected chi connectivity index (χ1v) is 8.39. The van der Waals surface area contributed by atoms with Crippen LogP contribution < -0.4 is 0 Å². The average Bonchev–Trinajstić information content (AvgIpc) is 3.09. The van der Waals surface area contributed by atoms with Gasteiger partial charge in [-0.25, -0.2) is 0 Å². The highest BCUT2D eigenvalue weighted by Gasteiger charge is 2.26. The second kappa shape index (κ2) is 5.72. The molecule has 19 heavy (non-hydrogen) atoms. The number of hydrogen-bond donors (Lipinski definition) is 0. The van der Waals surface area contributed by atoms with Crippen molar-refractivity contribution >= 4 is 28.8 Å². The first kappa shape index (κ1) is 12.6. The third-order valence-electron chi connectivity index (χ3n) is 3.07. The summed E-state index contributed by atoms with van der Waals surface area (Å²) < 4.78 is 0. The minimum Gasteiger partial charge on any atom is -0.175 e. The van der Waals surface area contributed by atoms with Crippen LogP contribution in [0.4, 0.5) is 0 Å². The Morgan fingerprint density at radius 3 is 2.68 bits per heavy atom. The Hall–Kier alpha value is -1.39. The molecule has 0 amide bonds. The molecule has 96 valence electrons. The van der Waals surface area contributed by atoms with Crippen LogP contribution in [-0.2, 0) is 0 Å². The average molecular weight is 286 g/mol. The number of benzene rings is 1. The fourth-order valence-corrected chi connectivity index (χ4v) is 3.59. The van der Waals surface area contributed by atoms with Crippen molar-refractivity contribution in [1.29, 1.82) is 0 Å². The van der Waals surface area contributed by atoms with Crippen LogP contribution in [0, 0.1) is 0 Å². The summed E-state index contributed by atoms with van der Waals surface area (Å²) in [4.78, 5) is 1.28. The molecule has 0 fully saturated rings. The van der Waals surface area contributed by atoms with Gasteiger partial charge >= 0.3 is 0 Å². The van der Waals surface area contributed by atoms with E-state index in [4.69, 9.17) is 0 Å². The van der Waals surface area contributed by atoms with E-state index in [1.54, 1.807) is 11.3 Å². The Balaban J connectivity index is 2.03. The number of thioether (sulfide) groups is 1. The second-order valence-corrected chi connectivity index (χ2v) is 6.15. The van der Waals surface area contributed by atoms with E-state index in [0.29, 0.717) is 0 Å². The first-order valence-electron chi connectivity index (χ1n) is 6.12. The first-order chi connectivity index (χ1) is 9.40. The topological polar surface area (TPSA) is 24.7 Å². The van der Waals surface area contributed by atoms with Gasteiger partial charge in [0.1, 0.15) is 6.04 Å². The molecule has 1 unspecified atom stereocenters. The Bertz CT molecular complexity index is 600. The van der Waals surface area contributed by atoms with Crippen molar-refractivity contribution < 1.29 is 0 Å². The predicted molar refractivity (Wildman–Crippen MR) is 83.7 cm³/mol. The van der Waals surface area contributed by atoms with E-state index in [-0.39, 0.29) is 6.04 Å². The zero-order valence-electron chi connectivity index (χ0n) is 10.6. The van der Waals surface area contributed by atoms with Crippen LogP contribution in [0.2, 0.25) is 0 Å². The van der Waals surface area contributed by atoms with E-state index in [2.05, 4.69) is 46.1 Å². The summed E-state index contributed by atoms with van der Waals surface area (Å²) in [5.41, 5.74) is 3.53. The molecule has 3 rings (SSSR count). The molecule has 0 spiro atoms. The van der Waals surface area contributed by atoms with E-state index < -0.39 is 0 Å². The summed E-state index contributed by atoms with van der Waals surface area (Å²) in [6.07, 6.45) is 2.12. The van der Waals surface area contributed by atoms with Crippen LogP contribution in [0.3, 0.4) is 0 Å². The molecule has 0 N–H and O–H groups in total. The lowest BCUT2D eigenvalue weighted by molar-refractivity contribution is 0.857. The minimum atomic E-state index is 0.114. The number of rotatable bonds is 4. The summed E-state index contributed by atoms with van der Waals surface area (Å²) in [7, 11) is 0. The van der Waals surface area contributed by atoms with Gasteiger partial charge in [0.15, 0.2) is 0 Å². The lowest BCUT2D eigenvalue weighted by Crippen LogP contribution is -1.99. The highest BCUT2D eigenvalue weighted by molar-refractivity contribution is 7.98.